The molecular formula is C9H20O2. The molecule has 2 nitrogen and oxygen atoms in total. The lowest BCUT2D eigenvalue weighted by Crippen LogP contribution is -2.35. The number of aliphatic hydroxyl groups is 1. The molecule has 1 aliphatic heterocycles. The van der Waals surface area contributed by atoms with Gasteiger partial charge in [0.2, 0.25) is 0 Å². The van der Waals surface area contributed by atoms with E-state index in [9.17, 15) is 5.11 Å². The maximum Gasteiger partial charge on any atom is 0.0809 e. The zero-order valence-corrected chi connectivity index (χ0v) is 8.00. The largest absolute Gasteiger partial charge is 0.390 e. The Hall–Kier alpha value is -0.0800. The van der Waals surface area contributed by atoms with Crippen molar-refractivity contribution in [3.8, 4) is 0 Å². The second-order valence-corrected chi connectivity index (χ2v) is 2.80. The zero-order valence-electron chi connectivity index (χ0n) is 8.00. The van der Waals surface area contributed by atoms with Crippen LogP contribution in [0.1, 0.15) is 40.5 Å². The van der Waals surface area contributed by atoms with Gasteiger partial charge in [-0.2, -0.15) is 0 Å². The van der Waals surface area contributed by atoms with Gasteiger partial charge in [-0.3, -0.25) is 0 Å². The predicted molar refractivity (Wildman–Crippen MR) is 46.6 cm³/mol. The molecule has 0 aromatic heterocycles. The third-order valence-corrected chi connectivity index (χ3v) is 1.86. The van der Waals surface area contributed by atoms with Gasteiger partial charge >= 0.3 is 0 Å². The van der Waals surface area contributed by atoms with E-state index in [4.69, 9.17) is 4.74 Å². The van der Waals surface area contributed by atoms with E-state index in [1.165, 1.54) is 0 Å². The van der Waals surface area contributed by atoms with Crippen LogP contribution in [0.5, 0.6) is 0 Å². The first-order valence-corrected chi connectivity index (χ1v) is 4.53. The fourth-order valence-electron chi connectivity index (χ4n) is 1.17. The highest BCUT2D eigenvalue weighted by Gasteiger charge is 2.23. The first-order valence-electron chi connectivity index (χ1n) is 4.53. The Morgan fingerprint density at radius 3 is 2.09 bits per heavy atom. The van der Waals surface area contributed by atoms with Crippen molar-refractivity contribution >= 4 is 0 Å². The Morgan fingerprint density at radius 2 is 1.73 bits per heavy atom. The van der Waals surface area contributed by atoms with Crippen LogP contribution in [-0.2, 0) is 4.74 Å². The summed E-state index contributed by atoms with van der Waals surface area (Å²) in [6, 6.07) is 0. The van der Waals surface area contributed by atoms with Crippen molar-refractivity contribution in [1.82, 2.24) is 0 Å². The lowest BCUT2D eigenvalue weighted by molar-refractivity contribution is -0.101. The summed E-state index contributed by atoms with van der Waals surface area (Å²) in [6.07, 6.45) is 2.02. The second kappa shape index (κ2) is 5.56. The van der Waals surface area contributed by atoms with E-state index in [2.05, 4.69) is 0 Å². The average molecular weight is 160 g/mol. The Kier molecular flexibility index (Phi) is 5.51. The van der Waals surface area contributed by atoms with Gasteiger partial charge in [0.15, 0.2) is 0 Å². The normalized spacial score (nSPS) is 37.4. The summed E-state index contributed by atoms with van der Waals surface area (Å²) in [5.74, 6) is 0. The highest BCUT2D eigenvalue weighted by atomic mass is 16.5. The minimum absolute atomic E-state index is 0.0359. The third-order valence-electron chi connectivity index (χ3n) is 1.86. The minimum Gasteiger partial charge on any atom is -0.390 e. The minimum atomic E-state index is -0.235. The standard InChI is InChI=1S/C7H14O2.C2H6/c1-5-3-4-7(8)6(2)9-5;1-2/h5-8H,3-4H2,1-2H3;1-2H3. The fraction of sp³-hybridized carbons (Fsp3) is 1.00. The number of hydrogen-bond acceptors (Lipinski definition) is 2. The Labute approximate surface area is 69.6 Å². The summed E-state index contributed by atoms with van der Waals surface area (Å²) in [7, 11) is 0. The van der Waals surface area contributed by atoms with Gasteiger partial charge < -0.3 is 9.84 Å². The molecule has 0 radical (unpaired) electrons. The van der Waals surface area contributed by atoms with Gasteiger partial charge in [0.1, 0.15) is 0 Å². The topological polar surface area (TPSA) is 29.5 Å². The van der Waals surface area contributed by atoms with Crippen molar-refractivity contribution < 1.29 is 9.84 Å². The quantitative estimate of drug-likeness (QED) is 0.587. The number of aliphatic hydroxyl groups excluding tert-OH is 1. The lowest BCUT2D eigenvalue weighted by Gasteiger charge is -2.29. The number of hydrogen-bond donors (Lipinski definition) is 1. The summed E-state index contributed by atoms with van der Waals surface area (Å²) in [4.78, 5) is 0. The maximum atomic E-state index is 9.17. The highest BCUT2D eigenvalue weighted by Crippen LogP contribution is 2.18. The van der Waals surface area contributed by atoms with Gasteiger partial charge in [-0.05, 0) is 26.7 Å². The summed E-state index contributed by atoms with van der Waals surface area (Å²) < 4.78 is 5.35. The molecule has 2 heteroatoms. The van der Waals surface area contributed by atoms with E-state index < -0.39 is 0 Å². The van der Waals surface area contributed by atoms with Gasteiger partial charge in [-0.15, -0.1) is 0 Å². The Morgan fingerprint density at radius 1 is 1.18 bits per heavy atom. The molecule has 11 heavy (non-hydrogen) atoms. The van der Waals surface area contributed by atoms with Crippen LogP contribution >= 0.6 is 0 Å². The van der Waals surface area contributed by atoms with E-state index in [1.807, 2.05) is 27.7 Å². The first-order chi connectivity index (χ1) is 5.20. The van der Waals surface area contributed by atoms with Crippen molar-refractivity contribution in [2.75, 3.05) is 0 Å². The van der Waals surface area contributed by atoms with Crippen LogP contribution in [0.2, 0.25) is 0 Å². The molecule has 0 bridgehead atoms. The van der Waals surface area contributed by atoms with Gasteiger partial charge in [0.05, 0.1) is 18.3 Å². The van der Waals surface area contributed by atoms with E-state index in [1.54, 1.807) is 0 Å². The van der Waals surface area contributed by atoms with Crippen LogP contribution < -0.4 is 0 Å². The third kappa shape index (κ3) is 3.73. The van der Waals surface area contributed by atoms with Crippen LogP contribution in [-0.4, -0.2) is 23.4 Å². The summed E-state index contributed by atoms with van der Waals surface area (Å²) in [6.45, 7) is 7.96. The molecule has 1 rings (SSSR count). The molecule has 1 saturated heterocycles. The number of rotatable bonds is 0. The molecule has 0 aromatic rings. The van der Waals surface area contributed by atoms with Crippen LogP contribution in [0.4, 0.5) is 0 Å². The van der Waals surface area contributed by atoms with Gasteiger partial charge in [0, 0.05) is 0 Å². The van der Waals surface area contributed by atoms with Crippen molar-refractivity contribution in [3.05, 3.63) is 0 Å². The van der Waals surface area contributed by atoms with Gasteiger partial charge in [-0.1, -0.05) is 13.8 Å². The SMILES string of the molecule is CC.CC1CCC(O)C(C)O1. The molecule has 0 saturated carbocycles. The molecule has 0 aromatic carbocycles. The molecule has 0 spiro atoms. The van der Waals surface area contributed by atoms with E-state index in [0.717, 1.165) is 12.8 Å². The molecule has 0 amide bonds. The van der Waals surface area contributed by atoms with E-state index in [-0.39, 0.29) is 12.2 Å². The molecule has 1 heterocycles. The van der Waals surface area contributed by atoms with Crippen LogP contribution in [0.25, 0.3) is 0 Å². The maximum absolute atomic E-state index is 9.17. The van der Waals surface area contributed by atoms with Crippen molar-refractivity contribution in [1.29, 1.82) is 0 Å². The summed E-state index contributed by atoms with van der Waals surface area (Å²) in [5.41, 5.74) is 0. The zero-order chi connectivity index (χ0) is 8.85. The number of ether oxygens (including phenoxy) is 1. The van der Waals surface area contributed by atoms with Gasteiger partial charge in [-0.25, -0.2) is 0 Å². The smallest absolute Gasteiger partial charge is 0.0809 e. The van der Waals surface area contributed by atoms with Crippen LogP contribution in [0.3, 0.4) is 0 Å². The Balaban J connectivity index is 0.000000461. The predicted octanol–water partition coefficient (Wildman–Crippen LogP) is 1.96. The lowest BCUT2D eigenvalue weighted by atomic mass is 10.0. The first kappa shape index (κ1) is 10.9. The summed E-state index contributed by atoms with van der Waals surface area (Å²) in [5, 5.41) is 9.17. The fourth-order valence-corrected chi connectivity index (χ4v) is 1.17. The molecule has 1 N–H and O–H groups in total. The molecule has 0 aliphatic carbocycles. The van der Waals surface area contributed by atoms with Gasteiger partial charge in [0.25, 0.3) is 0 Å². The second-order valence-electron chi connectivity index (χ2n) is 2.80. The van der Waals surface area contributed by atoms with Crippen molar-refractivity contribution in [2.45, 2.75) is 58.8 Å². The highest BCUT2D eigenvalue weighted by molar-refractivity contribution is 4.72. The molecule has 68 valence electrons. The molecule has 1 aliphatic rings. The summed E-state index contributed by atoms with van der Waals surface area (Å²) >= 11 is 0. The monoisotopic (exact) mass is 160 g/mol. The van der Waals surface area contributed by atoms with Crippen molar-refractivity contribution in [2.24, 2.45) is 0 Å². The van der Waals surface area contributed by atoms with Crippen molar-refractivity contribution in [3.63, 3.8) is 0 Å². The molecule has 3 unspecified atom stereocenters. The van der Waals surface area contributed by atoms with E-state index in [0.29, 0.717) is 6.10 Å². The van der Waals surface area contributed by atoms with Crippen LogP contribution in [0.15, 0.2) is 0 Å². The van der Waals surface area contributed by atoms with E-state index >= 15 is 0 Å². The molecule has 1 fully saturated rings. The Bertz CT molecular complexity index is 93.6. The molecular weight excluding hydrogens is 140 g/mol. The van der Waals surface area contributed by atoms with Crippen LogP contribution in [0, 0.1) is 0 Å². The molecule has 3 atom stereocenters. The average Bonchev–Trinajstić information content (AvgIpc) is 2.02.